The Bertz CT molecular complexity index is 453. The Morgan fingerprint density at radius 2 is 2.17 bits per heavy atom. The highest BCUT2D eigenvalue weighted by atomic mass is 79.9. The molecule has 1 aliphatic heterocycles. The second-order valence-electron chi connectivity index (χ2n) is 4.46. The van der Waals surface area contributed by atoms with Gasteiger partial charge >= 0.3 is 0 Å². The summed E-state index contributed by atoms with van der Waals surface area (Å²) in [5.74, 6) is 0.162. The zero-order valence-corrected chi connectivity index (χ0v) is 12.9. The molecule has 1 atom stereocenters. The van der Waals surface area contributed by atoms with Crippen molar-refractivity contribution in [1.29, 1.82) is 0 Å². The standard InChI is InChI=1S/C13H14BrCl2NO/c14-8-10-2-1-5-17(10)13(18)7-9-3-4-11(15)12(16)6-9/h3-4,6,10H,1-2,5,7-8H2. The Balaban J connectivity index is 2.04. The molecule has 1 saturated heterocycles. The molecule has 0 spiro atoms. The summed E-state index contributed by atoms with van der Waals surface area (Å²) in [5.41, 5.74) is 0.912. The van der Waals surface area contributed by atoms with Crippen molar-refractivity contribution >= 4 is 45.0 Å². The lowest BCUT2D eigenvalue weighted by molar-refractivity contribution is -0.130. The molecule has 5 heteroatoms. The minimum Gasteiger partial charge on any atom is -0.339 e. The summed E-state index contributed by atoms with van der Waals surface area (Å²) >= 11 is 15.3. The van der Waals surface area contributed by atoms with E-state index in [9.17, 15) is 4.79 Å². The minimum absolute atomic E-state index is 0.162. The number of carbonyl (C=O) groups excluding carboxylic acids is 1. The van der Waals surface area contributed by atoms with Crippen LogP contribution in [0, 0.1) is 0 Å². The second kappa shape index (κ2) is 6.27. The van der Waals surface area contributed by atoms with E-state index in [0.29, 0.717) is 22.5 Å². The maximum atomic E-state index is 12.2. The van der Waals surface area contributed by atoms with Crippen LogP contribution in [0.1, 0.15) is 18.4 Å². The molecule has 1 aromatic carbocycles. The number of halogens is 3. The van der Waals surface area contributed by atoms with Crippen LogP contribution in [-0.4, -0.2) is 28.7 Å². The van der Waals surface area contributed by atoms with Gasteiger partial charge in [-0.2, -0.15) is 0 Å². The minimum atomic E-state index is 0.162. The fourth-order valence-electron chi connectivity index (χ4n) is 2.25. The molecule has 0 aromatic heterocycles. The molecular weight excluding hydrogens is 337 g/mol. The molecule has 0 radical (unpaired) electrons. The Kier molecular flexibility index (Phi) is 4.93. The van der Waals surface area contributed by atoms with Gasteiger partial charge in [-0.05, 0) is 30.5 Å². The third-order valence-corrected chi connectivity index (χ3v) is 4.70. The molecule has 0 aliphatic carbocycles. The van der Waals surface area contributed by atoms with Crippen LogP contribution in [0.3, 0.4) is 0 Å². The Morgan fingerprint density at radius 1 is 1.39 bits per heavy atom. The van der Waals surface area contributed by atoms with Crippen LogP contribution in [0.5, 0.6) is 0 Å². The normalized spacial score (nSPS) is 19.3. The molecule has 1 unspecified atom stereocenters. The first-order chi connectivity index (χ1) is 8.61. The van der Waals surface area contributed by atoms with E-state index < -0.39 is 0 Å². The zero-order chi connectivity index (χ0) is 13.1. The molecule has 0 saturated carbocycles. The van der Waals surface area contributed by atoms with Crippen LogP contribution in [0.15, 0.2) is 18.2 Å². The lowest BCUT2D eigenvalue weighted by Crippen LogP contribution is -2.37. The smallest absolute Gasteiger partial charge is 0.227 e. The number of rotatable bonds is 3. The SMILES string of the molecule is O=C(Cc1ccc(Cl)c(Cl)c1)N1CCCC1CBr. The van der Waals surface area contributed by atoms with Gasteiger partial charge < -0.3 is 4.90 Å². The zero-order valence-electron chi connectivity index (χ0n) is 9.83. The summed E-state index contributed by atoms with van der Waals surface area (Å²) in [6.45, 7) is 0.858. The number of amides is 1. The Morgan fingerprint density at radius 3 is 2.83 bits per heavy atom. The first-order valence-electron chi connectivity index (χ1n) is 5.91. The number of carbonyl (C=O) groups is 1. The van der Waals surface area contributed by atoms with Crippen molar-refractivity contribution in [3.63, 3.8) is 0 Å². The van der Waals surface area contributed by atoms with E-state index in [2.05, 4.69) is 15.9 Å². The summed E-state index contributed by atoms with van der Waals surface area (Å²) in [5, 5.41) is 1.87. The lowest BCUT2D eigenvalue weighted by Gasteiger charge is -2.23. The van der Waals surface area contributed by atoms with E-state index in [4.69, 9.17) is 23.2 Å². The van der Waals surface area contributed by atoms with Gasteiger partial charge in [0.05, 0.1) is 16.5 Å². The third kappa shape index (κ3) is 3.19. The van der Waals surface area contributed by atoms with Gasteiger partial charge in [-0.1, -0.05) is 45.2 Å². The predicted octanol–water partition coefficient (Wildman–Crippen LogP) is 3.92. The molecule has 2 nitrogen and oxygen atoms in total. The maximum absolute atomic E-state index is 12.2. The van der Waals surface area contributed by atoms with Crippen LogP contribution in [0.4, 0.5) is 0 Å². The van der Waals surface area contributed by atoms with E-state index in [1.807, 2.05) is 11.0 Å². The highest BCUT2D eigenvalue weighted by Gasteiger charge is 2.27. The second-order valence-corrected chi connectivity index (χ2v) is 5.92. The monoisotopic (exact) mass is 349 g/mol. The van der Waals surface area contributed by atoms with Gasteiger partial charge in [0, 0.05) is 17.9 Å². The molecule has 1 heterocycles. The van der Waals surface area contributed by atoms with Crippen molar-refractivity contribution in [3.05, 3.63) is 33.8 Å². The molecule has 1 aromatic rings. The van der Waals surface area contributed by atoms with E-state index in [1.165, 1.54) is 0 Å². The molecular formula is C13H14BrCl2NO. The molecule has 0 N–H and O–H groups in total. The number of nitrogens with zero attached hydrogens (tertiary/aromatic N) is 1. The summed E-state index contributed by atoms with van der Waals surface area (Å²) < 4.78 is 0. The Labute approximate surface area is 125 Å². The summed E-state index contributed by atoms with van der Waals surface area (Å²) in [6.07, 6.45) is 2.56. The van der Waals surface area contributed by atoms with Gasteiger partial charge in [0.2, 0.25) is 5.91 Å². The Hall–Kier alpha value is -0.250. The summed E-state index contributed by atoms with van der Waals surface area (Å²) in [4.78, 5) is 14.2. The van der Waals surface area contributed by atoms with Crippen molar-refractivity contribution in [2.24, 2.45) is 0 Å². The molecule has 1 fully saturated rings. The van der Waals surface area contributed by atoms with Crippen molar-refractivity contribution in [1.82, 2.24) is 4.90 Å². The molecule has 2 rings (SSSR count). The van der Waals surface area contributed by atoms with Crippen LogP contribution >= 0.6 is 39.1 Å². The third-order valence-electron chi connectivity index (χ3n) is 3.21. The first kappa shape index (κ1) is 14.2. The van der Waals surface area contributed by atoms with Gasteiger partial charge in [-0.15, -0.1) is 0 Å². The lowest BCUT2D eigenvalue weighted by atomic mass is 10.1. The number of benzene rings is 1. The van der Waals surface area contributed by atoms with Gasteiger partial charge in [0.15, 0.2) is 0 Å². The number of hydrogen-bond acceptors (Lipinski definition) is 1. The van der Waals surface area contributed by atoms with E-state index in [-0.39, 0.29) is 5.91 Å². The van der Waals surface area contributed by atoms with E-state index >= 15 is 0 Å². The average molecular weight is 351 g/mol. The topological polar surface area (TPSA) is 20.3 Å². The highest BCUT2D eigenvalue weighted by molar-refractivity contribution is 9.09. The van der Waals surface area contributed by atoms with Crippen molar-refractivity contribution in [3.8, 4) is 0 Å². The van der Waals surface area contributed by atoms with Crippen LogP contribution < -0.4 is 0 Å². The summed E-state index contributed by atoms with van der Waals surface area (Å²) in [7, 11) is 0. The number of likely N-dealkylation sites (tertiary alicyclic amines) is 1. The maximum Gasteiger partial charge on any atom is 0.227 e. The van der Waals surface area contributed by atoms with E-state index in [1.54, 1.807) is 12.1 Å². The fraction of sp³-hybridized carbons (Fsp3) is 0.462. The number of hydrogen-bond donors (Lipinski definition) is 0. The largest absolute Gasteiger partial charge is 0.339 e. The van der Waals surface area contributed by atoms with Crippen LogP contribution in [-0.2, 0) is 11.2 Å². The molecule has 98 valence electrons. The van der Waals surface area contributed by atoms with Crippen LogP contribution in [0.25, 0.3) is 0 Å². The summed E-state index contributed by atoms with van der Waals surface area (Å²) in [6, 6.07) is 5.69. The van der Waals surface area contributed by atoms with Crippen molar-refractivity contribution < 1.29 is 4.79 Å². The first-order valence-corrected chi connectivity index (χ1v) is 7.79. The van der Waals surface area contributed by atoms with Crippen molar-refractivity contribution in [2.45, 2.75) is 25.3 Å². The average Bonchev–Trinajstić information content (AvgIpc) is 2.82. The van der Waals surface area contributed by atoms with Gasteiger partial charge in [-0.3, -0.25) is 4.79 Å². The molecule has 1 amide bonds. The van der Waals surface area contributed by atoms with Crippen LogP contribution in [0.2, 0.25) is 10.0 Å². The van der Waals surface area contributed by atoms with Gasteiger partial charge in [0.25, 0.3) is 0 Å². The van der Waals surface area contributed by atoms with E-state index in [0.717, 1.165) is 30.3 Å². The molecule has 18 heavy (non-hydrogen) atoms. The quantitative estimate of drug-likeness (QED) is 0.756. The predicted molar refractivity (Wildman–Crippen MR) is 78.7 cm³/mol. The van der Waals surface area contributed by atoms with Crippen molar-refractivity contribution in [2.75, 3.05) is 11.9 Å². The number of alkyl halides is 1. The fourth-order valence-corrected chi connectivity index (χ4v) is 3.24. The van der Waals surface area contributed by atoms with Gasteiger partial charge in [0.1, 0.15) is 0 Å². The molecule has 0 bridgehead atoms. The molecule has 1 aliphatic rings. The highest BCUT2D eigenvalue weighted by Crippen LogP contribution is 2.24. The van der Waals surface area contributed by atoms with Gasteiger partial charge in [-0.25, -0.2) is 0 Å².